The quantitative estimate of drug-likeness (QED) is 0.462. The molecule has 28 heavy (non-hydrogen) atoms. The molecule has 1 aromatic rings. The lowest BCUT2D eigenvalue weighted by Crippen LogP contribution is -2.54. The number of nitrogens with zero attached hydrogens (tertiary/aromatic N) is 2. The predicted molar refractivity (Wildman–Crippen MR) is 102 cm³/mol. The molecule has 1 heterocycles. The minimum absolute atomic E-state index is 0.0425. The number of carbonyl (C=O) groups excluding carboxylic acids is 4. The lowest BCUT2D eigenvalue weighted by atomic mass is 9.88. The average molecular weight is 410 g/mol. The van der Waals surface area contributed by atoms with Crippen molar-refractivity contribution in [2.75, 3.05) is 47.6 Å². The van der Waals surface area contributed by atoms with Crippen molar-refractivity contribution in [3.05, 3.63) is 21.4 Å². The maximum absolute atomic E-state index is 13.2. The minimum atomic E-state index is -1.18. The molecule has 0 aromatic carbocycles. The highest BCUT2D eigenvalue weighted by Gasteiger charge is 2.44. The highest BCUT2D eigenvalue weighted by molar-refractivity contribution is 7.17. The first-order chi connectivity index (χ1) is 13.4. The molecule has 1 aromatic heterocycles. The van der Waals surface area contributed by atoms with Gasteiger partial charge in [-0.3, -0.25) is 19.4 Å². The summed E-state index contributed by atoms with van der Waals surface area (Å²) in [7, 11) is 4.18. The monoisotopic (exact) mass is 410 g/mol. The van der Waals surface area contributed by atoms with E-state index in [0.717, 1.165) is 11.3 Å². The van der Waals surface area contributed by atoms with E-state index in [0.29, 0.717) is 0 Å². The Morgan fingerprint density at radius 3 is 2.43 bits per heavy atom. The molecule has 0 spiro atoms. The van der Waals surface area contributed by atoms with Gasteiger partial charge in [-0.15, -0.1) is 11.3 Å². The van der Waals surface area contributed by atoms with E-state index in [9.17, 15) is 19.2 Å². The summed E-state index contributed by atoms with van der Waals surface area (Å²) < 4.78 is 14.7. The van der Waals surface area contributed by atoms with Crippen LogP contribution >= 0.6 is 11.3 Å². The van der Waals surface area contributed by atoms with Gasteiger partial charge in [-0.25, -0.2) is 4.79 Å². The molecular weight excluding hydrogens is 388 g/mol. The molecule has 1 atom stereocenters. The molecule has 2 rings (SSSR count). The van der Waals surface area contributed by atoms with Crippen LogP contribution in [0.2, 0.25) is 0 Å². The van der Waals surface area contributed by atoms with Crippen molar-refractivity contribution in [1.82, 2.24) is 4.90 Å². The zero-order valence-corrected chi connectivity index (χ0v) is 17.0. The fraction of sp³-hybridized carbons (Fsp3) is 0.500. The molecule has 0 fully saturated rings. The van der Waals surface area contributed by atoms with Crippen LogP contribution in [0.3, 0.4) is 0 Å². The van der Waals surface area contributed by atoms with Crippen LogP contribution in [0.5, 0.6) is 0 Å². The number of methoxy groups -OCH3 is 3. The summed E-state index contributed by atoms with van der Waals surface area (Å²) in [5, 5.41) is 0. The number of hydrogen-bond donors (Lipinski definition) is 0. The number of fused-ring (bicyclic) bond motifs is 1. The van der Waals surface area contributed by atoms with Crippen LogP contribution in [-0.2, 0) is 19.0 Å². The third-order valence-electron chi connectivity index (χ3n) is 4.16. The van der Waals surface area contributed by atoms with E-state index in [4.69, 9.17) is 9.47 Å². The number of ketones is 2. The Morgan fingerprint density at radius 1 is 1.18 bits per heavy atom. The van der Waals surface area contributed by atoms with Crippen LogP contribution in [0.25, 0.3) is 0 Å². The number of rotatable bonds is 8. The Hall–Kier alpha value is -2.43. The number of thiophene rings is 1. The van der Waals surface area contributed by atoms with Crippen molar-refractivity contribution in [2.24, 2.45) is 4.99 Å². The number of aliphatic imine (C=N–C) groups is 1. The fourth-order valence-corrected chi connectivity index (χ4v) is 3.85. The highest BCUT2D eigenvalue weighted by Crippen LogP contribution is 2.31. The molecular formula is C18H22N2O7S. The Bertz CT molecular complexity index is 815. The number of hydrogen-bond acceptors (Lipinski definition) is 9. The molecule has 0 aliphatic heterocycles. The van der Waals surface area contributed by atoms with Crippen LogP contribution in [0.15, 0.2) is 11.1 Å². The molecule has 1 unspecified atom stereocenters. The van der Waals surface area contributed by atoms with E-state index in [1.807, 2.05) is 0 Å². The molecule has 1 aliphatic rings. The van der Waals surface area contributed by atoms with Crippen LogP contribution in [0.1, 0.15) is 36.6 Å². The maximum Gasteiger partial charge on any atom is 0.348 e. The normalized spacial score (nSPS) is 17.6. The van der Waals surface area contributed by atoms with Crippen molar-refractivity contribution in [3.63, 3.8) is 0 Å². The van der Waals surface area contributed by atoms with Crippen molar-refractivity contribution >= 4 is 40.5 Å². The Morgan fingerprint density at radius 2 is 1.86 bits per heavy atom. The van der Waals surface area contributed by atoms with Crippen molar-refractivity contribution in [2.45, 2.75) is 13.0 Å². The topological polar surface area (TPSA) is 112 Å². The molecule has 10 heteroatoms. The zero-order valence-electron chi connectivity index (χ0n) is 16.1. The summed E-state index contributed by atoms with van der Waals surface area (Å²) in [4.78, 5) is 56.1. The van der Waals surface area contributed by atoms with Gasteiger partial charge < -0.3 is 19.1 Å². The Kier molecular flexibility index (Phi) is 7.55. The van der Waals surface area contributed by atoms with E-state index in [1.165, 1.54) is 39.2 Å². The van der Waals surface area contributed by atoms with Crippen molar-refractivity contribution in [3.8, 4) is 0 Å². The van der Waals surface area contributed by atoms with Gasteiger partial charge in [0.15, 0.2) is 5.78 Å². The van der Waals surface area contributed by atoms with Crippen LogP contribution in [0.4, 0.5) is 0 Å². The van der Waals surface area contributed by atoms with Gasteiger partial charge in [0.05, 0.1) is 31.7 Å². The lowest BCUT2D eigenvalue weighted by molar-refractivity contribution is -0.129. The first-order valence-corrected chi connectivity index (χ1v) is 9.29. The van der Waals surface area contributed by atoms with E-state index in [1.54, 1.807) is 0 Å². The summed E-state index contributed by atoms with van der Waals surface area (Å²) in [6.45, 7) is 2.01. The van der Waals surface area contributed by atoms with E-state index < -0.39 is 29.5 Å². The van der Waals surface area contributed by atoms with Crippen LogP contribution in [-0.4, -0.2) is 87.7 Å². The number of amides is 1. The largest absolute Gasteiger partial charge is 0.465 e. The fourth-order valence-electron chi connectivity index (χ4n) is 2.82. The molecule has 0 saturated carbocycles. The number of carbonyl (C=O) groups is 4. The number of ether oxygens (including phenoxy) is 3. The molecule has 0 bridgehead atoms. The number of Topliss-reactive ketones (excluding diaryl/α,β-unsaturated/α-hetero) is 2. The van der Waals surface area contributed by atoms with E-state index in [-0.39, 0.29) is 47.3 Å². The number of esters is 1. The average Bonchev–Trinajstić information content (AvgIpc) is 3.12. The second kappa shape index (κ2) is 9.67. The van der Waals surface area contributed by atoms with Gasteiger partial charge in [-0.05, 0) is 6.07 Å². The van der Waals surface area contributed by atoms with Gasteiger partial charge in [0, 0.05) is 33.3 Å². The molecule has 9 nitrogen and oxygen atoms in total. The molecule has 0 N–H and O–H groups in total. The summed E-state index contributed by atoms with van der Waals surface area (Å²) in [6.07, 6.45) is 0. The molecule has 1 aliphatic carbocycles. The van der Waals surface area contributed by atoms with Gasteiger partial charge in [0.2, 0.25) is 11.7 Å². The molecule has 152 valence electrons. The van der Waals surface area contributed by atoms with Gasteiger partial charge in [0.1, 0.15) is 16.6 Å². The first-order valence-electron chi connectivity index (χ1n) is 8.47. The lowest BCUT2D eigenvalue weighted by Gasteiger charge is -2.32. The second-order valence-corrected chi connectivity index (χ2v) is 6.96. The molecule has 0 saturated heterocycles. The smallest absolute Gasteiger partial charge is 0.348 e. The SMILES string of the molecule is COCCN=C1C(=O)c2sc(C(=O)OC)cc2C(=O)C1N(CCOC)C(C)=O. The summed E-state index contributed by atoms with van der Waals surface area (Å²) in [5.41, 5.74) is 0.0499. The summed E-state index contributed by atoms with van der Waals surface area (Å²) >= 11 is 0.878. The van der Waals surface area contributed by atoms with Crippen molar-refractivity contribution < 1.29 is 33.4 Å². The van der Waals surface area contributed by atoms with Crippen LogP contribution in [0, 0.1) is 0 Å². The Labute approximate surface area is 166 Å². The second-order valence-electron chi connectivity index (χ2n) is 5.91. The van der Waals surface area contributed by atoms with Gasteiger partial charge >= 0.3 is 5.97 Å². The van der Waals surface area contributed by atoms with Crippen molar-refractivity contribution in [1.29, 1.82) is 0 Å². The van der Waals surface area contributed by atoms with Crippen LogP contribution < -0.4 is 0 Å². The highest BCUT2D eigenvalue weighted by atomic mass is 32.1. The third-order valence-corrected chi connectivity index (χ3v) is 5.27. The van der Waals surface area contributed by atoms with Gasteiger partial charge in [0.25, 0.3) is 0 Å². The van der Waals surface area contributed by atoms with Gasteiger partial charge in [-0.2, -0.15) is 0 Å². The molecule has 0 radical (unpaired) electrons. The third kappa shape index (κ3) is 4.34. The predicted octanol–water partition coefficient (Wildman–Crippen LogP) is 0.865. The minimum Gasteiger partial charge on any atom is -0.465 e. The van der Waals surface area contributed by atoms with Gasteiger partial charge in [-0.1, -0.05) is 0 Å². The summed E-state index contributed by atoms with van der Waals surface area (Å²) in [6, 6.07) is 0.157. The molecule has 1 amide bonds. The summed E-state index contributed by atoms with van der Waals surface area (Å²) in [5.74, 6) is -1.99. The Balaban J connectivity index is 2.56. The maximum atomic E-state index is 13.2. The van der Waals surface area contributed by atoms with E-state index in [2.05, 4.69) is 9.73 Å². The first kappa shape index (κ1) is 21.9. The zero-order chi connectivity index (χ0) is 20.8. The standard InChI is InChI=1S/C18H22N2O7S/c1-10(21)20(6-8-26-3)14-13(19-5-7-25-2)16(23)17-11(15(14)22)9-12(28-17)18(24)27-4/h9,14H,5-8H2,1-4H3. The van der Waals surface area contributed by atoms with E-state index >= 15 is 0 Å².